The fraction of sp³-hybridized carbons (Fsp3) is 0.227. The molecule has 1 aromatic heterocycles. The molecule has 0 atom stereocenters. The summed E-state index contributed by atoms with van der Waals surface area (Å²) in [5.74, 6) is -0.531. The summed E-state index contributed by atoms with van der Waals surface area (Å²) >= 11 is 0. The first-order valence-electron chi connectivity index (χ1n) is 9.61. The SMILES string of the molecule is O=C(Nc1ccccc1-c1ccccc1)c1ccc(S(=O)(=O)N2CCCCC2)o1. The van der Waals surface area contributed by atoms with E-state index in [4.69, 9.17) is 4.42 Å². The van der Waals surface area contributed by atoms with E-state index in [2.05, 4.69) is 5.32 Å². The Kier molecular flexibility index (Phi) is 5.51. The van der Waals surface area contributed by atoms with Crippen molar-refractivity contribution in [3.8, 4) is 11.1 Å². The zero-order valence-electron chi connectivity index (χ0n) is 15.9. The smallest absolute Gasteiger partial charge is 0.291 e. The van der Waals surface area contributed by atoms with Crippen LogP contribution < -0.4 is 5.32 Å². The van der Waals surface area contributed by atoms with Gasteiger partial charge in [-0.25, -0.2) is 8.42 Å². The minimum Gasteiger partial charge on any atom is -0.438 e. The van der Waals surface area contributed by atoms with E-state index in [1.165, 1.54) is 16.4 Å². The van der Waals surface area contributed by atoms with E-state index < -0.39 is 15.9 Å². The molecule has 7 heteroatoms. The molecule has 0 saturated carbocycles. The Hall–Kier alpha value is -2.90. The van der Waals surface area contributed by atoms with Gasteiger partial charge in [-0.05, 0) is 36.6 Å². The molecule has 2 heterocycles. The summed E-state index contributed by atoms with van der Waals surface area (Å²) in [6.07, 6.45) is 2.70. The minimum atomic E-state index is -3.71. The Morgan fingerprint density at radius 3 is 2.31 bits per heavy atom. The second-order valence-electron chi connectivity index (χ2n) is 6.95. The molecule has 0 aliphatic carbocycles. The molecule has 1 fully saturated rings. The standard InChI is InChI=1S/C22H22N2O4S/c25-22(23-19-12-6-5-11-18(19)17-9-3-1-4-10-17)20-13-14-21(28-20)29(26,27)24-15-7-2-8-16-24/h1,3-6,9-14H,2,7-8,15-16H2,(H,23,25). The van der Waals surface area contributed by atoms with Crippen molar-refractivity contribution >= 4 is 21.6 Å². The van der Waals surface area contributed by atoms with Gasteiger partial charge in [0.2, 0.25) is 5.09 Å². The average Bonchev–Trinajstić information content (AvgIpc) is 3.27. The van der Waals surface area contributed by atoms with Crippen molar-refractivity contribution in [2.45, 2.75) is 24.4 Å². The molecule has 2 aromatic carbocycles. The van der Waals surface area contributed by atoms with Gasteiger partial charge in [-0.15, -0.1) is 0 Å². The van der Waals surface area contributed by atoms with Gasteiger partial charge in [0, 0.05) is 24.3 Å². The second-order valence-corrected chi connectivity index (χ2v) is 8.82. The van der Waals surface area contributed by atoms with E-state index >= 15 is 0 Å². The number of hydrogen-bond donors (Lipinski definition) is 1. The van der Waals surface area contributed by atoms with Gasteiger partial charge in [0.15, 0.2) is 5.76 Å². The van der Waals surface area contributed by atoms with Crippen molar-refractivity contribution in [3.05, 3.63) is 72.5 Å². The van der Waals surface area contributed by atoms with E-state index in [0.717, 1.165) is 30.4 Å². The quantitative estimate of drug-likeness (QED) is 0.677. The fourth-order valence-electron chi connectivity index (χ4n) is 3.46. The number of rotatable bonds is 5. The first-order chi connectivity index (χ1) is 14.1. The molecule has 1 aliphatic rings. The summed E-state index contributed by atoms with van der Waals surface area (Å²) in [4.78, 5) is 12.7. The lowest BCUT2D eigenvalue weighted by molar-refractivity contribution is 0.0991. The number of piperidine rings is 1. The maximum absolute atomic E-state index is 12.7. The molecule has 1 aliphatic heterocycles. The maximum Gasteiger partial charge on any atom is 0.291 e. The van der Waals surface area contributed by atoms with Crippen molar-refractivity contribution in [1.82, 2.24) is 4.31 Å². The van der Waals surface area contributed by atoms with Crippen LogP contribution in [0.5, 0.6) is 0 Å². The number of para-hydroxylation sites is 1. The number of furan rings is 1. The van der Waals surface area contributed by atoms with Crippen molar-refractivity contribution in [2.75, 3.05) is 18.4 Å². The van der Waals surface area contributed by atoms with Gasteiger partial charge in [-0.3, -0.25) is 4.79 Å². The zero-order chi connectivity index (χ0) is 20.3. The van der Waals surface area contributed by atoms with Crippen LogP contribution in [0.4, 0.5) is 5.69 Å². The zero-order valence-corrected chi connectivity index (χ0v) is 16.7. The maximum atomic E-state index is 12.7. The highest BCUT2D eigenvalue weighted by Crippen LogP contribution is 2.28. The summed E-state index contributed by atoms with van der Waals surface area (Å²) < 4.78 is 32.3. The number of nitrogens with zero attached hydrogens (tertiary/aromatic N) is 1. The largest absolute Gasteiger partial charge is 0.438 e. The summed E-state index contributed by atoms with van der Waals surface area (Å²) in [5, 5.41) is 2.63. The predicted molar refractivity (Wildman–Crippen MR) is 111 cm³/mol. The number of nitrogens with one attached hydrogen (secondary N) is 1. The third-order valence-corrected chi connectivity index (χ3v) is 6.75. The lowest BCUT2D eigenvalue weighted by Crippen LogP contribution is -2.35. The Morgan fingerprint density at radius 2 is 1.55 bits per heavy atom. The molecule has 0 spiro atoms. The minimum absolute atomic E-state index is 0.0385. The van der Waals surface area contributed by atoms with Crippen LogP contribution in [0.15, 0.2) is 76.2 Å². The fourth-order valence-corrected chi connectivity index (χ4v) is 4.89. The topological polar surface area (TPSA) is 79.6 Å². The van der Waals surface area contributed by atoms with Gasteiger partial charge >= 0.3 is 0 Å². The summed E-state index contributed by atoms with van der Waals surface area (Å²) in [5.41, 5.74) is 2.46. The van der Waals surface area contributed by atoms with Gasteiger partial charge in [0.05, 0.1) is 0 Å². The first kappa shape index (κ1) is 19.4. The molecule has 0 radical (unpaired) electrons. The summed E-state index contributed by atoms with van der Waals surface area (Å²) in [6, 6.07) is 19.9. The highest BCUT2D eigenvalue weighted by Gasteiger charge is 2.29. The molecule has 3 aromatic rings. The molecule has 0 bridgehead atoms. The van der Waals surface area contributed by atoms with Crippen molar-refractivity contribution in [2.24, 2.45) is 0 Å². The lowest BCUT2D eigenvalue weighted by atomic mass is 10.0. The lowest BCUT2D eigenvalue weighted by Gasteiger charge is -2.24. The predicted octanol–water partition coefficient (Wildman–Crippen LogP) is 4.37. The number of carbonyl (C=O) groups excluding carboxylic acids is 1. The van der Waals surface area contributed by atoms with E-state index in [-0.39, 0.29) is 10.9 Å². The number of amides is 1. The van der Waals surface area contributed by atoms with Gasteiger partial charge in [0.1, 0.15) is 0 Å². The number of sulfonamides is 1. The van der Waals surface area contributed by atoms with Crippen LogP contribution in [0, 0.1) is 0 Å². The highest BCUT2D eigenvalue weighted by molar-refractivity contribution is 7.89. The van der Waals surface area contributed by atoms with E-state index in [9.17, 15) is 13.2 Å². The summed E-state index contributed by atoms with van der Waals surface area (Å²) in [7, 11) is -3.71. The third kappa shape index (κ3) is 4.11. The number of hydrogen-bond acceptors (Lipinski definition) is 4. The second kappa shape index (κ2) is 8.23. The van der Waals surface area contributed by atoms with E-state index in [1.807, 2.05) is 48.5 Å². The van der Waals surface area contributed by atoms with Crippen molar-refractivity contribution in [1.29, 1.82) is 0 Å². The number of carbonyl (C=O) groups is 1. The normalized spacial score (nSPS) is 15.2. The Morgan fingerprint density at radius 1 is 0.862 bits per heavy atom. The van der Waals surface area contributed by atoms with Crippen LogP contribution in [-0.2, 0) is 10.0 Å². The van der Waals surface area contributed by atoms with Gasteiger partial charge in [-0.1, -0.05) is 55.0 Å². The number of anilines is 1. The molecule has 150 valence electrons. The Balaban J connectivity index is 1.55. The van der Waals surface area contributed by atoms with Gasteiger partial charge in [-0.2, -0.15) is 4.31 Å². The van der Waals surface area contributed by atoms with Gasteiger partial charge in [0.25, 0.3) is 15.9 Å². The van der Waals surface area contributed by atoms with Crippen molar-refractivity contribution in [3.63, 3.8) is 0 Å². The van der Waals surface area contributed by atoms with Crippen molar-refractivity contribution < 1.29 is 17.6 Å². The molecule has 1 amide bonds. The molecule has 4 rings (SSSR count). The van der Waals surface area contributed by atoms with E-state index in [0.29, 0.717) is 18.8 Å². The van der Waals surface area contributed by atoms with E-state index in [1.54, 1.807) is 6.07 Å². The average molecular weight is 410 g/mol. The number of benzene rings is 2. The third-order valence-electron chi connectivity index (χ3n) is 4.97. The van der Waals surface area contributed by atoms with Crippen LogP contribution in [-0.4, -0.2) is 31.7 Å². The molecule has 0 unspecified atom stereocenters. The molecule has 1 N–H and O–H groups in total. The van der Waals surface area contributed by atoms with Crippen LogP contribution in [0.1, 0.15) is 29.8 Å². The Bertz CT molecular complexity index is 1100. The Labute approximate surface area is 170 Å². The summed E-state index contributed by atoms with van der Waals surface area (Å²) in [6.45, 7) is 0.962. The molecule has 1 saturated heterocycles. The van der Waals surface area contributed by atoms with Crippen LogP contribution in [0.2, 0.25) is 0 Å². The first-order valence-corrected chi connectivity index (χ1v) is 11.1. The highest BCUT2D eigenvalue weighted by atomic mass is 32.2. The monoisotopic (exact) mass is 410 g/mol. The molecule has 6 nitrogen and oxygen atoms in total. The van der Waals surface area contributed by atoms with Crippen LogP contribution >= 0.6 is 0 Å². The van der Waals surface area contributed by atoms with Crippen LogP contribution in [0.25, 0.3) is 11.1 Å². The molecule has 29 heavy (non-hydrogen) atoms. The molecular weight excluding hydrogens is 388 g/mol. The van der Waals surface area contributed by atoms with Crippen LogP contribution in [0.3, 0.4) is 0 Å². The van der Waals surface area contributed by atoms with Gasteiger partial charge < -0.3 is 9.73 Å². The molecular formula is C22H22N2O4S.